The van der Waals surface area contributed by atoms with Crippen molar-refractivity contribution in [3.8, 4) is 0 Å². The highest BCUT2D eigenvalue weighted by molar-refractivity contribution is 7.84. The maximum absolute atomic E-state index is 12.4. The second-order valence-corrected chi connectivity index (χ2v) is 7.03. The van der Waals surface area contributed by atoms with Crippen molar-refractivity contribution in [3.05, 3.63) is 0 Å². The van der Waals surface area contributed by atoms with Crippen molar-refractivity contribution in [3.63, 3.8) is 0 Å². The average Bonchev–Trinajstić information content (AvgIpc) is 2.40. The number of hydrogen-bond acceptors (Lipinski definition) is 3. The van der Waals surface area contributed by atoms with Gasteiger partial charge in [-0.3, -0.25) is 13.8 Å². The first-order valence-electron chi connectivity index (χ1n) is 6.90. The molecular weight excluding hydrogens is 264 g/mol. The number of carbonyl (C=O) groups excluding carboxylic acids is 2. The summed E-state index contributed by atoms with van der Waals surface area (Å²) in [5.41, 5.74) is 0. The van der Waals surface area contributed by atoms with E-state index in [0.717, 1.165) is 25.8 Å². The van der Waals surface area contributed by atoms with E-state index in [1.165, 1.54) is 0 Å². The Balaban J connectivity index is 2.03. The van der Waals surface area contributed by atoms with Crippen LogP contribution in [0.25, 0.3) is 0 Å². The van der Waals surface area contributed by atoms with Gasteiger partial charge in [-0.2, -0.15) is 0 Å². The molecule has 2 rings (SSSR count). The maximum atomic E-state index is 12.4. The summed E-state index contributed by atoms with van der Waals surface area (Å²) in [6, 6.07) is -0.256. The van der Waals surface area contributed by atoms with Crippen molar-refractivity contribution in [1.82, 2.24) is 9.80 Å². The van der Waals surface area contributed by atoms with Crippen molar-refractivity contribution in [2.75, 3.05) is 25.1 Å². The van der Waals surface area contributed by atoms with Gasteiger partial charge in [0.1, 0.15) is 12.6 Å². The standard InChI is InChI=1S/C13H22N2O3S/c1-10(6-8-19(2)18)15-9-12(16)14-7-4-3-5-11(14)13(15)17/h10-11H,3-9H2,1-2H3. The lowest BCUT2D eigenvalue weighted by molar-refractivity contribution is -0.159. The molecule has 0 aromatic carbocycles. The molecule has 0 N–H and O–H groups in total. The van der Waals surface area contributed by atoms with Gasteiger partial charge >= 0.3 is 0 Å². The monoisotopic (exact) mass is 286 g/mol. The molecule has 108 valence electrons. The fourth-order valence-electron chi connectivity index (χ4n) is 2.86. The SMILES string of the molecule is CC(CCS(C)=O)N1CC(=O)N2CCCCC2C1=O. The van der Waals surface area contributed by atoms with E-state index in [9.17, 15) is 13.8 Å². The van der Waals surface area contributed by atoms with Gasteiger partial charge in [-0.05, 0) is 32.6 Å². The zero-order valence-electron chi connectivity index (χ0n) is 11.6. The zero-order valence-corrected chi connectivity index (χ0v) is 12.4. The molecule has 2 aliphatic heterocycles. The largest absolute Gasteiger partial charge is 0.329 e. The highest BCUT2D eigenvalue weighted by atomic mass is 32.2. The van der Waals surface area contributed by atoms with E-state index in [1.54, 1.807) is 16.1 Å². The van der Waals surface area contributed by atoms with Gasteiger partial charge in [-0.15, -0.1) is 0 Å². The molecule has 2 saturated heterocycles. The Labute approximate surface area is 116 Å². The molecule has 0 saturated carbocycles. The lowest BCUT2D eigenvalue weighted by atomic mass is 9.97. The van der Waals surface area contributed by atoms with Crippen LogP contribution in [0, 0.1) is 0 Å². The van der Waals surface area contributed by atoms with Crippen LogP contribution < -0.4 is 0 Å². The fourth-order valence-corrected chi connectivity index (χ4v) is 3.53. The molecule has 0 spiro atoms. The summed E-state index contributed by atoms with van der Waals surface area (Å²) in [5.74, 6) is 0.718. The first-order chi connectivity index (χ1) is 9.00. The Hall–Kier alpha value is -0.910. The van der Waals surface area contributed by atoms with E-state index in [2.05, 4.69) is 0 Å². The Morgan fingerprint density at radius 1 is 1.37 bits per heavy atom. The first kappa shape index (κ1) is 14.5. The highest BCUT2D eigenvalue weighted by Gasteiger charge is 2.41. The second kappa shape index (κ2) is 6.03. The maximum Gasteiger partial charge on any atom is 0.246 e. The van der Waals surface area contributed by atoms with Crippen molar-refractivity contribution in [2.45, 2.75) is 44.7 Å². The van der Waals surface area contributed by atoms with Crippen molar-refractivity contribution < 1.29 is 13.8 Å². The Morgan fingerprint density at radius 2 is 2.11 bits per heavy atom. The first-order valence-corrected chi connectivity index (χ1v) is 8.63. The van der Waals surface area contributed by atoms with Crippen LogP contribution in [0.4, 0.5) is 0 Å². The van der Waals surface area contributed by atoms with Gasteiger partial charge in [0.15, 0.2) is 0 Å². The molecule has 0 bridgehead atoms. The van der Waals surface area contributed by atoms with Crippen molar-refractivity contribution in [2.24, 2.45) is 0 Å². The number of hydrogen-bond donors (Lipinski definition) is 0. The molecule has 2 fully saturated rings. The summed E-state index contributed by atoms with van der Waals surface area (Å²) in [4.78, 5) is 28.0. The molecule has 2 aliphatic rings. The summed E-state index contributed by atoms with van der Waals surface area (Å²) in [6.07, 6.45) is 5.16. The third-order valence-corrected chi connectivity index (χ3v) is 4.86. The molecular formula is C13H22N2O3S. The molecule has 0 aromatic heterocycles. The minimum Gasteiger partial charge on any atom is -0.329 e. The van der Waals surface area contributed by atoms with Crippen molar-refractivity contribution >= 4 is 22.6 Å². The second-order valence-electron chi connectivity index (χ2n) is 5.48. The molecule has 0 radical (unpaired) electrons. The van der Waals surface area contributed by atoms with E-state index >= 15 is 0 Å². The Morgan fingerprint density at radius 3 is 2.79 bits per heavy atom. The number of rotatable bonds is 4. The van der Waals surface area contributed by atoms with E-state index in [-0.39, 0.29) is 30.4 Å². The van der Waals surface area contributed by atoms with Gasteiger partial charge in [0, 0.05) is 35.4 Å². The van der Waals surface area contributed by atoms with Gasteiger partial charge in [0.25, 0.3) is 0 Å². The number of amides is 2. The quantitative estimate of drug-likeness (QED) is 0.750. The van der Waals surface area contributed by atoms with Crippen molar-refractivity contribution in [1.29, 1.82) is 0 Å². The summed E-state index contributed by atoms with van der Waals surface area (Å²) >= 11 is 0. The van der Waals surface area contributed by atoms with Gasteiger partial charge < -0.3 is 9.80 Å². The number of piperazine rings is 1. The predicted octanol–water partition coefficient (Wildman–Crippen LogP) is 0.367. The van der Waals surface area contributed by atoms with Crippen LogP contribution in [0.1, 0.15) is 32.6 Å². The van der Waals surface area contributed by atoms with Gasteiger partial charge in [-0.25, -0.2) is 0 Å². The van der Waals surface area contributed by atoms with E-state index < -0.39 is 10.8 Å². The highest BCUT2D eigenvalue weighted by Crippen LogP contribution is 2.24. The minimum absolute atomic E-state index is 0.00979. The van der Waals surface area contributed by atoms with Gasteiger partial charge in [0.05, 0.1) is 0 Å². The van der Waals surface area contributed by atoms with Gasteiger partial charge in [-0.1, -0.05) is 0 Å². The third-order valence-electron chi connectivity index (χ3n) is 4.05. The molecule has 0 aliphatic carbocycles. The Kier molecular flexibility index (Phi) is 4.60. The number of fused-ring (bicyclic) bond motifs is 1. The topological polar surface area (TPSA) is 57.7 Å². The summed E-state index contributed by atoms with van der Waals surface area (Å²) < 4.78 is 11.1. The number of nitrogens with zero attached hydrogens (tertiary/aromatic N) is 2. The molecule has 3 unspecified atom stereocenters. The summed E-state index contributed by atoms with van der Waals surface area (Å²) in [5, 5.41) is 0. The van der Waals surface area contributed by atoms with Crippen LogP contribution >= 0.6 is 0 Å². The predicted molar refractivity (Wildman–Crippen MR) is 74.1 cm³/mol. The zero-order chi connectivity index (χ0) is 14.0. The number of piperidine rings is 1. The summed E-state index contributed by atoms with van der Waals surface area (Å²) in [6.45, 7) is 2.85. The molecule has 0 aromatic rings. The van der Waals surface area contributed by atoms with Crippen LogP contribution in [0.5, 0.6) is 0 Å². The lowest BCUT2D eigenvalue weighted by Crippen LogP contribution is -2.63. The minimum atomic E-state index is -0.852. The van der Waals surface area contributed by atoms with E-state index in [4.69, 9.17) is 0 Å². The molecule has 19 heavy (non-hydrogen) atoms. The van der Waals surface area contributed by atoms with Crippen LogP contribution in [-0.4, -0.2) is 63.0 Å². The molecule has 2 amide bonds. The normalized spacial score (nSPS) is 27.2. The van der Waals surface area contributed by atoms with Crippen LogP contribution in [0.2, 0.25) is 0 Å². The van der Waals surface area contributed by atoms with E-state index in [0.29, 0.717) is 12.2 Å². The van der Waals surface area contributed by atoms with Gasteiger partial charge in [0.2, 0.25) is 11.8 Å². The van der Waals surface area contributed by atoms with Crippen LogP contribution in [-0.2, 0) is 20.4 Å². The molecule has 6 heteroatoms. The van der Waals surface area contributed by atoms with Crippen LogP contribution in [0.15, 0.2) is 0 Å². The molecule has 2 heterocycles. The average molecular weight is 286 g/mol. The fraction of sp³-hybridized carbons (Fsp3) is 0.846. The lowest BCUT2D eigenvalue weighted by Gasteiger charge is -2.44. The summed E-state index contributed by atoms with van der Waals surface area (Å²) in [7, 11) is -0.852. The molecule has 3 atom stereocenters. The third kappa shape index (κ3) is 3.16. The Bertz CT molecular complexity index is 399. The van der Waals surface area contributed by atoms with Crippen LogP contribution in [0.3, 0.4) is 0 Å². The molecule has 5 nitrogen and oxygen atoms in total. The number of carbonyl (C=O) groups is 2. The van der Waals surface area contributed by atoms with E-state index in [1.807, 2.05) is 6.92 Å². The smallest absolute Gasteiger partial charge is 0.246 e.